The van der Waals surface area contributed by atoms with Gasteiger partial charge in [-0.2, -0.15) is 4.98 Å². The van der Waals surface area contributed by atoms with Crippen molar-refractivity contribution in [2.24, 2.45) is 0 Å². The summed E-state index contributed by atoms with van der Waals surface area (Å²) in [4.78, 5) is 23.5. The van der Waals surface area contributed by atoms with Gasteiger partial charge in [-0.3, -0.25) is 10.0 Å². The molecule has 1 amide bonds. The molecule has 0 saturated heterocycles. The van der Waals surface area contributed by atoms with E-state index in [2.05, 4.69) is 15.0 Å². The van der Waals surface area contributed by atoms with Crippen molar-refractivity contribution < 1.29 is 10.0 Å². The molecule has 8 heteroatoms. The first-order chi connectivity index (χ1) is 10.2. The van der Waals surface area contributed by atoms with Crippen molar-refractivity contribution in [2.75, 3.05) is 5.73 Å². The normalized spacial score (nSPS) is 10.7. The number of imidazole rings is 1. The van der Waals surface area contributed by atoms with Crippen molar-refractivity contribution in [3.8, 4) is 0 Å². The van der Waals surface area contributed by atoms with Crippen LogP contribution in [0.5, 0.6) is 0 Å². The predicted octanol–water partition coefficient (Wildman–Crippen LogP) is 0.576. The van der Waals surface area contributed by atoms with E-state index in [0.29, 0.717) is 23.3 Å². The number of nitrogen functional groups attached to an aromatic ring is 1. The lowest BCUT2D eigenvalue weighted by Gasteiger charge is -2.05. The monoisotopic (exact) mass is 284 g/mol. The Balaban J connectivity index is 1.88. The van der Waals surface area contributed by atoms with Crippen molar-refractivity contribution >= 4 is 23.0 Å². The summed E-state index contributed by atoms with van der Waals surface area (Å²) < 4.78 is 1.84. The molecule has 0 fully saturated rings. The van der Waals surface area contributed by atoms with E-state index in [1.807, 2.05) is 4.57 Å². The molecule has 1 aromatic carbocycles. The fourth-order valence-electron chi connectivity index (χ4n) is 2.01. The maximum atomic E-state index is 11.2. The van der Waals surface area contributed by atoms with Crippen molar-refractivity contribution in [3.05, 3.63) is 47.9 Å². The van der Waals surface area contributed by atoms with Gasteiger partial charge in [0.1, 0.15) is 5.52 Å². The van der Waals surface area contributed by atoms with Gasteiger partial charge in [0, 0.05) is 5.56 Å². The molecule has 21 heavy (non-hydrogen) atoms. The Morgan fingerprint density at radius 2 is 2.05 bits per heavy atom. The first-order valence-corrected chi connectivity index (χ1v) is 6.14. The number of nitrogens with zero attached hydrogens (tertiary/aromatic N) is 4. The molecule has 0 spiro atoms. The average Bonchev–Trinajstić information content (AvgIpc) is 2.89. The summed E-state index contributed by atoms with van der Waals surface area (Å²) in [5.74, 6) is -0.352. The number of hydrogen-bond donors (Lipinski definition) is 3. The highest BCUT2D eigenvalue weighted by molar-refractivity contribution is 5.93. The smallest absolute Gasteiger partial charge is 0.274 e. The molecule has 0 radical (unpaired) electrons. The highest BCUT2D eigenvalue weighted by Gasteiger charge is 2.07. The molecule has 0 bridgehead atoms. The number of amides is 1. The maximum absolute atomic E-state index is 11.2. The molecular formula is C13H12N6O2. The van der Waals surface area contributed by atoms with Gasteiger partial charge in [0.25, 0.3) is 5.91 Å². The topological polar surface area (TPSA) is 119 Å². The Morgan fingerprint density at radius 1 is 1.29 bits per heavy atom. The zero-order valence-electron chi connectivity index (χ0n) is 10.9. The average molecular weight is 284 g/mol. The van der Waals surface area contributed by atoms with Gasteiger partial charge < -0.3 is 10.3 Å². The number of hydrogen-bond acceptors (Lipinski definition) is 6. The zero-order chi connectivity index (χ0) is 14.8. The van der Waals surface area contributed by atoms with E-state index < -0.39 is 5.91 Å². The summed E-state index contributed by atoms with van der Waals surface area (Å²) in [6.07, 6.45) is 3.23. The summed E-state index contributed by atoms with van der Waals surface area (Å²) >= 11 is 0. The van der Waals surface area contributed by atoms with Gasteiger partial charge in [-0.15, -0.1) is 0 Å². The lowest BCUT2D eigenvalue weighted by Crippen LogP contribution is -2.18. The van der Waals surface area contributed by atoms with Crippen LogP contribution in [-0.2, 0) is 6.54 Å². The number of nitrogens with two attached hydrogens (primary N) is 1. The van der Waals surface area contributed by atoms with E-state index in [9.17, 15) is 4.79 Å². The molecule has 3 aromatic rings. The van der Waals surface area contributed by atoms with Gasteiger partial charge in [-0.25, -0.2) is 15.4 Å². The van der Waals surface area contributed by atoms with Crippen LogP contribution in [0.25, 0.3) is 11.2 Å². The SMILES string of the molecule is Nc1ncc2ncn(Cc3ccc(C(=O)NO)cc3)c2n1. The number of carbonyl (C=O) groups is 1. The van der Waals surface area contributed by atoms with Crippen LogP contribution in [0.1, 0.15) is 15.9 Å². The summed E-state index contributed by atoms with van der Waals surface area (Å²) in [5, 5.41) is 8.57. The van der Waals surface area contributed by atoms with Gasteiger partial charge in [0.15, 0.2) is 5.65 Å². The fraction of sp³-hybridized carbons (Fsp3) is 0.0769. The summed E-state index contributed by atoms with van der Waals surface area (Å²) in [6.45, 7) is 0.536. The fourth-order valence-corrected chi connectivity index (χ4v) is 2.01. The summed E-state index contributed by atoms with van der Waals surface area (Å²) in [5.41, 5.74) is 9.83. The number of fused-ring (bicyclic) bond motifs is 1. The molecule has 0 aliphatic rings. The minimum absolute atomic E-state index is 0.194. The number of rotatable bonds is 3. The van der Waals surface area contributed by atoms with Crippen molar-refractivity contribution in [3.63, 3.8) is 0 Å². The van der Waals surface area contributed by atoms with E-state index in [1.165, 1.54) is 0 Å². The molecule has 2 heterocycles. The number of carbonyl (C=O) groups excluding carboxylic acids is 1. The molecule has 4 N–H and O–H groups in total. The minimum atomic E-state index is -0.546. The number of nitrogens with one attached hydrogen (secondary N) is 1. The molecule has 8 nitrogen and oxygen atoms in total. The first-order valence-electron chi connectivity index (χ1n) is 6.14. The van der Waals surface area contributed by atoms with Gasteiger partial charge in [0.2, 0.25) is 5.95 Å². The molecule has 0 atom stereocenters. The maximum Gasteiger partial charge on any atom is 0.274 e. The van der Waals surface area contributed by atoms with Crippen LogP contribution in [-0.4, -0.2) is 30.6 Å². The van der Waals surface area contributed by atoms with Crippen molar-refractivity contribution in [2.45, 2.75) is 6.54 Å². The van der Waals surface area contributed by atoms with Crippen LogP contribution in [0.3, 0.4) is 0 Å². The number of benzene rings is 1. The number of hydroxylamine groups is 1. The lowest BCUT2D eigenvalue weighted by molar-refractivity contribution is 0.0706. The minimum Gasteiger partial charge on any atom is -0.368 e. The second-order valence-electron chi connectivity index (χ2n) is 4.45. The quantitative estimate of drug-likeness (QED) is 0.478. The van der Waals surface area contributed by atoms with Crippen LogP contribution in [0.15, 0.2) is 36.8 Å². The molecular weight excluding hydrogens is 272 g/mol. The lowest BCUT2D eigenvalue weighted by atomic mass is 10.1. The highest BCUT2D eigenvalue weighted by Crippen LogP contribution is 2.13. The third kappa shape index (κ3) is 2.51. The van der Waals surface area contributed by atoms with Crippen LogP contribution < -0.4 is 11.2 Å². The summed E-state index contributed by atoms with van der Waals surface area (Å²) in [6, 6.07) is 6.84. The zero-order valence-corrected chi connectivity index (χ0v) is 10.9. The van der Waals surface area contributed by atoms with E-state index in [1.54, 1.807) is 42.3 Å². The van der Waals surface area contributed by atoms with Crippen molar-refractivity contribution in [1.82, 2.24) is 25.0 Å². The van der Waals surface area contributed by atoms with Crippen LogP contribution in [0.2, 0.25) is 0 Å². The third-order valence-corrected chi connectivity index (χ3v) is 3.05. The van der Waals surface area contributed by atoms with Crippen LogP contribution in [0, 0.1) is 0 Å². The van der Waals surface area contributed by atoms with E-state index in [4.69, 9.17) is 10.9 Å². The van der Waals surface area contributed by atoms with Gasteiger partial charge in [-0.05, 0) is 17.7 Å². The van der Waals surface area contributed by atoms with Crippen LogP contribution >= 0.6 is 0 Å². The Labute approximate surface area is 119 Å². The second kappa shape index (κ2) is 5.17. The predicted molar refractivity (Wildman–Crippen MR) is 74.5 cm³/mol. The Bertz CT molecular complexity index is 796. The molecule has 0 aliphatic carbocycles. The molecule has 0 saturated carbocycles. The van der Waals surface area contributed by atoms with E-state index in [-0.39, 0.29) is 5.95 Å². The first kappa shape index (κ1) is 13.0. The van der Waals surface area contributed by atoms with Gasteiger partial charge >= 0.3 is 0 Å². The molecule has 0 aliphatic heterocycles. The Hall–Kier alpha value is -3.00. The van der Waals surface area contributed by atoms with Crippen LogP contribution in [0.4, 0.5) is 5.95 Å². The molecule has 2 aromatic heterocycles. The third-order valence-electron chi connectivity index (χ3n) is 3.05. The standard InChI is InChI=1S/C13H12N6O2/c14-13-15-5-10-11(17-13)19(7-16-10)6-8-1-3-9(4-2-8)12(20)18-21/h1-5,7,21H,6H2,(H,18,20)(H2,14,15,17). The Morgan fingerprint density at radius 3 is 2.76 bits per heavy atom. The molecule has 3 rings (SSSR count). The number of anilines is 1. The van der Waals surface area contributed by atoms with Gasteiger partial charge in [0.05, 0.1) is 19.1 Å². The number of aromatic nitrogens is 4. The summed E-state index contributed by atoms with van der Waals surface area (Å²) in [7, 11) is 0. The van der Waals surface area contributed by atoms with E-state index >= 15 is 0 Å². The molecule has 106 valence electrons. The highest BCUT2D eigenvalue weighted by atomic mass is 16.5. The molecule has 0 unspecified atom stereocenters. The largest absolute Gasteiger partial charge is 0.368 e. The van der Waals surface area contributed by atoms with E-state index in [0.717, 1.165) is 5.56 Å². The van der Waals surface area contributed by atoms with Gasteiger partial charge in [-0.1, -0.05) is 12.1 Å². The van der Waals surface area contributed by atoms with Crippen molar-refractivity contribution in [1.29, 1.82) is 0 Å². The Kier molecular flexibility index (Phi) is 3.20. The second-order valence-corrected chi connectivity index (χ2v) is 4.45.